The molecule has 1 nitrogen and oxygen atoms in total. The summed E-state index contributed by atoms with van der Waals surface area (Å²) in [6.45, 7) is 2.33. The minimum atomic E-state index is 0.372. The second kappa shape index (κ2) is 4.72. The van der Waals surface area contributed by atoms with Crippen LogP contribution in [0, 0.1) is 23.7 Å². The second-order valence-electron chi connectivity index (χ2n) is 7.31. The zero-order chi connectivity index (χ0) is 13.7. The molecule has 2 saturated carbocycles. The maximum absolute atomic E-state index is 12.8. The summed E-state index contributed by atoms with van der Waals surface area (Å²) in [5, 5.41) is 0. The molecule has 1 aromatic rings. The van der Waals surface area contributed by atoms with Gasteiger partial charge in [-0.15, -0.1) is 0 Å². The summed E-state index contributed by atoms with van der Waals surface area (Å²) in [7, 11) is 0. The Labute approximate surface area is 121 Å². The lowest BCUT2D eigenvalue weighted by Crippen LogP contribution is -2.23. The number of Topliss-reactive ketones (excluding diaryl/α,β-unsaturated/α-hetero) is 1. The molecule has 106 valence electrons. The van der Waals surface area contributed by atoms with E-state index in [2.05, 4.69) is 31.2 Å². The monoisotopic (exact) mass is 268 g/mol. The van der Waals surface area contributed by atoms with Gasteiger partial charge in [0, 0.05) is 11.8 Å². The van der Waals surface area contributed by atoms with Crippen LogP contribution >= 0.6 is 0 Å². The molecular weight excluding hydrogens is 244 g/mol. The van der Waals surface area contributed by atoms with Crippen molar-refractivity contribution in [3.63, 3.8) is 0 Å². The van der Waals surface area contributed by atoms with Crippen molar-refractivity contribution in [3.8, 4) is 0 Å². The summed E-state index contributed by atoms with van der Waals surface area (Å²) in [6, 6.07) is 8.81. The molecule has 3 aliphatic rings. The number of hydrogen-bond acceptors (Lipinski definition) is 1. The molecule has 3 aliphatic carbocycles. The third kappa shape index (κ3) is 1.94. The smallest absolute Gasteiger partial charge is 0.139 e. The predicted molar refractivity (Wildman–Crippen MR) is 80.6 cm³/mol. The maximum atomic E-state index is 12.8. The third-order valence-electron chi connectivity index (χ3n) is 6.08. The van der Waals surface area contributed by atoms with E-state index in [0.29, 0.717) is 29.5 Å². The molecule has 0 bridgehead atoms. The van der Waals surface area contributed by atoms with E-state index in [1.54, 1.807) is 0 Å². The average molecular weight is 268 g/mol. The Kier molecular flexibility index (Phi) is 2.98. The lowest BCUT2D eigenvalue weighted by atomic mass is 9.79. The number of carbonyl (C=O) groups is 1. The Morgan fingerprint density at radius 3 is 2.60 bits per heavy atom. The molecule has 4 rings (SSSR count). The van der Waals surface area contributed by atoms with Crippen molar-refractivity contribution in [2.45, 2.75) is 51.4 Å². The summed E-state index contributed by atoms with van der Waals surface area (Å²) in [5.74, 6) is 3.46. The van der Waals surface area contributed by atoms with Gasteiger partial charge in [-0.3, -0.25) is 4.79 Å². The van der Waals surface area contributed by atoms with Gasteiger partial charge in [0.25, 0.3) is 0 Å². The molecule has 1 heteroatoms. The normalized spacial score (nSPS) is 38.8. The van der Waals surface area contributed by atoms with Gasteiger partial charge >= 0.3 is 0 Å². The molecule has 0 aliphatic heterocycles. The molecule has 0 heterocycles. The van der Waals surface area contributed by atoms with Crippen molar-refractivity contribution in [3.05, 3.63) is 35.4 Å². The zero-order valence-corrected chi connectivity index (χ0v) is 12.3. The molecule has 3 atom stereocenters. The average Bonchev–Trinajstić information content (AvgIpc) is 3.22. The van der Waals surface area contributed by atoms with Crippen LogP contribution in [0.1, 0.15) is 56.1 Å². The van der Waals surface area contributed by atoms with E-state index in [0.717, 1.165) is 18.8 Å². The molecule has 20 heavy (non-hydrogen) atoms. The van der Waals surface area contributed by atoms with Gasteiger partial charge in [-0.05, 0) is 54.6 Å². The summed E-state index contributed by atoms with van der Waals surface area (Å²) in [4.78, 5) is 12.8. The Morgan fingerprint density at radius 1 is 1.05 bits per heavy atom. The van der Waals surface area contributed by atoms with Gasteiger partial charge < -0.3 is 0 Å². The maximum Gasteiger partial charge on any atom is 0.139 e. The van der Waals surface area contributed by atoms with Crippen LogP contribution in [0.5, 0.6) is 0 Å². The van der Waals surface area contributed by atoms with Crippen molar-refractivity contribution >= 4 is 5.78 Å². The van der Waals surface area contributed by atoms with E-state index in [-0.39, 0.29) is 0 Å². The number of ketones is 1. The fourth-order valence-corrected chi connectivity index (χ4v) is 4.77. The molecule has 3 unspecified atom stereocenters. The third-order valence-corrected chi connectivity index (χ3v) is 6.08. The molecule has 0 saturated heterocycles. The van der Waals surface area contributed by atoms with E-state index in [1.165, 1.54) is 36.8 Å². The first-order valence-electron chi connectivity index (χ1n) is 8.37. The largest absolute Gasteiger partial charge is 0.299 e. The molecule has 2 fully saturated rings. The highest BCUT2D eigenvalue weighted by Gasteiger charge is 2.57. The van der Waals surface area contributed by atoms with Gasteiger partial charge in [-0.1, -0.05) is 44.0 Å². The van der Waals surface area contributed by atoms with Crippen LogP contribution in [-0.2, 0) is 11.2 Å². The molecular formula is C19H24O. The number of rotatable bonds is 2. The van der Waals surface area contributed by atoms with Crippen molar-refractivity contribution in [1.82, 2.24) is 0 Å². The summed E-state index contributed by atoms with van der Waals surface area (Å²) >= 11 is 0. The van der Waals surface area contributed by atoms with Gasteiger partial charge in [-0.25, -0.2) is 0 Å². The van der Waals surface area contributed by atoms with E-state index >= 15 is 0 Å². The SMILES string of the molecule is CC1CCC(C(=O)C2C3CCc4ccccc4C32)CC1. The lowest BCUT2D eigenvalue weighted by molar-refractivity contribution is -0.125. The number of carbonyl (C=O) groups excluding carboxylic acids is 1. The second-order valence-corrected chi connectivity index (χ2v) is 7.31. The van der Waals surface area contributed by atoms with Gasteiger partial charge in [-0.2, -0.15) is 0 Å². The van der Waals surface area contributed by atoms with E-state index < -0.39 is 0 Å². The molecule has 0 aromatic heterocycles. The predicted octanol–water partition coefficient (Wildman–Crippen LogP) is 4.36. The Morgan fingerprint density at radius 2 is 1.80 bits per heavy atom. The van der Waals surface area contributed by atoms with Gasteiger partial charge in [0.2, 0.25) is 0 Å². The van der Waals surface area contributed by atoms with Crippen LogP contribution in [0.3, 0.4) is 0 Å². The fraction of sp³-hybridized carbons (Fsp3) is 0.632. The number of aryl methyl sites for hydroxylation is 1. The Bertz CT molecular complexity index is 524. The molecule has 0 radical (unpaired) electrons. The van der Waals surface area contributed by atoms with Crippen molar-refractivity contribution in [2.24, 2.45) is 23.7 Å². The van der Waals surface area contributed by atoms with Crippen molar-refractivity contribution < 1.29 is 4.79 Å². The van der Waals surface area contributed by atoms with E-state index in [4.69, 9.17) is 0 Å². The standard InChI is InChI=1S/C19H24O/c1-12-6-8-14(9-7-12)19(20)18-16-11-10-13-4-2-3-5-15(13)17(16)18/h2-5,12,14,16-18H,6-11H2,1H3. The Hall–Kier alpha value is -1.11. The highest BCUT2D eigenvalue weighted by Crippen LogP contribution is 2.61. The first-order chi connectivity index (χ1) is 9.75. The summed E-state index contributed by atoms with van der Waals surface area (Å²) in [6.07, 6.45) is 7.24. The molecule has 0 amide bonds. The molecule has 0 spiro atoms. The van der Waals surface area contributed by atoms with Gasteiger partial charge in [0.15, 0.2) is 0 Å². The number of hydrogen-bond donors (Lipinski definition) is 0. The van der Waals surface area contributed by atoms with Gasteiger partial charge in [0.05, 0.1) is 0 Å². The van der Waals surface area contributed by atoms with E-state index in [9.17, 15) is 4.79 Å². The van der Waals surface area contributed by atoms with Crippen LogP contribution in [0.4, 0.5) is 0 Å². The molecule has 1 aromatic carbocycles. The summed E-state index contributed by atoms with van der Waals surface area (Å²) in [5.41, 5.74) is 2.99. The van der Waals surface area contributed by atoms with Crippen LogP contribution in [0.15, 0.2) is 24.3 Å². The van der Waals surface area contributed by atoms with Crippen LogP contribution in [0.25, 0.3) is 0 Å². The Balaban J connectivity index is 1.51. The fourth-order valence-electron chi connectivity index (χ4n) is 4.77. The first-order valence-corrected chi connectivity index (χ1v) is 8.37. The van der Waals surface area contributed by atoms with Crippen LogP contribution < -0.4 is 0 Å². The molecule has 0 N–H and O–H groups in total. The first kappa shape index (κ1) is 12.6. The van der Waals surface area contributed by atoms with Crippen molar-refractivity contribution in [1.29, 1.82) is 0 Å². The number of benzene rings is 1. The van der Waals surface area contributed by atoms with Crippen molar-refractivity contribution in [2.75, 3.05) is 0 Å². The number of fused-ring (bicyclic) bond motifs is 3. The highest BCUT2D eigenvalue weighted by atomic mass is 16.1. The van der Waals surface area contributed by atoms with E-state index in [1.807, 2.05) is 0 Å². The highest BCUT2D eigenvalue weighted by molar-refractivity contribution is 5.88. The zero-order valence-electron chi connectivity index (χ0n) is 12.3. The van der Waals surface area contributed by atoms with Crippen LogP contribution in [0.2, 0.25) is 0 Å². The van der Waals surface area contributed by atoms with Gasteiger partial charge in [0.1, 0.15) is 5.78 Å². The quantitative estimate of drug-likeness (QED) is 0.779. The topological polar surface area (TPSA) is 17.1 Å². The summed E-state index contributed by atoms with van der Waals surface area (Å²) < 4.78 is 0. The minimum absolute atomic E-state index is 0.372. The minimum Gasteiger partial charge on any atom is -0.299 e. The lowest BCUT2D eigenvalue weighted by Gasteiger charge is -2.25. The van der Waals surface area contributed by atoms with Crippen LogP contribution in [-0.4, -0.2) is 5.78 Å².